The number of hydrogen-bond donors (Lipinski definition) is 2. The van der Waals surface area contributed by atoms with Gasteiger partial charge in [0.05, 0.1) is 27.4 Å². The molecular weight excluding hydrogens is 562 g/mol. The maximum atomic E-state index is 14.0. The zero-order chi connectivity index (χ0) is 30.2. The molecule has 2 N–H and O–H groups in total. The van der Waals surface area contributed by atoms with E-state index in [1.165, 1.54) is 17.4 Å². The van der Waals surface area contributed by atoms with E-state index in [9.17, 15) is 19.5 Å². The van der Waals surface area contributed by atoms with Gasteiger partial charge in [-0.2, -0.15) is 0 Å². The highest BCUT2D eigenvalue weighted by Crippen LogP contribution is 2.31. The third-order valence-corrected chi connectivity index (χ3v) is 8.31. The number of nitrogens with one attached hydrogen (secondary N) is 1. The summed E-state index contributed by atoms with van der Waals surface area (Å²) in [4.78, 5) is 44.1. The van der Waals surface area contributed by atoms with Crippen LogP contribution >= 0.6 is 11.3 Å². The fraction of sp³-hybridized carbons (Fsp3) is 0.118. The van der Waals surface area contributed by atoms with E-state index in [1.54, 1.807) is 41.8 Å². The molecule has 3 aromatic carbocycles. The predicted molar refractivity (Wildman–Crippen MR) is 166 cm³/mol. The second-order valence-corrected chi connectivity index (χ2v) is 11.4. The molecule has 0 saturated heterocycles. The van der Waals surface area contributed by atoms with Crippen molar-refractivity contribution in [3.8, 4) is 11.3 Å². The van der Waals surface area contributed by atoms with Gasteiger partial charge in [-0.3, -0.25) is 14.2 Å². The molecule has 1 atom stereocenters. The molecule has 5 aromatic rings. The Labute approximate surface area is 250 Å². The van der Waals surface area contributed by atoms with E-state index in [1.807, 2.05) is 68.4 Å². The van der Waals surface area contributed by atoms with Gasteiger partial charge >= 0.3 is 5.97 Å². The summed E-state index contributed by atoms with van der Waals surface area (Å²) in [6.45, 7) is 5.59. The molecule has 0 bridgehead atoms. The first-order valence-electron chi connectivity index (χ1n) is 13.6. The van der Waals surface area contributed by atoms with Crippen molar-refractivity contribution in [1.29, 1.82) is 0 Å². The first kappa shape index (κ1) is 27.9. The molecule has 43 heavy (non-hydrogen) atoms. The van der Waals surface area contributed by atoms with Crippen molar-refractivity contribution in [2.75, 3.05) is 5.32 Å². The average Bonchev–Trinajstić information content (AvgIpc) is 3.57. The molecule has 0 saturated carbocycles. The van der Waals surface area contributed by atoms with Gasteiger partial charge in [-0.05, 0) is 68.3 Å². The number of amides is 1. The van der Waals surface area contributed by atoms with Gasteiger partial charge in [0.1, 0.15) is 11.5 Å². The van der Waals surface area contributed by atoms with E-state index >= 15 is 0 Å². The number of rotatable bonds is 6. The van der Waals surface area contributed by atoms with Crippen molar-refractivity contribution < 1.29 is 19.1 Å². The largest absolute Gasteiger partial charge is 0.478 e. The quantitative estimate of drug-likeness (QED) is 0.274. The number of furan rings is 1. The van der Waals surface area contributed by atoms with Crippen LogP contribution in [0.2, 0.25) is 0 Å². The number of fused-ring (bicyclic) bond motifs is 1. The number of nitrogens with zero attached hydrogens (tertiary/aromatic N) is 2. The average molecular weight is 590 g/mol. The van der Waals surface area contributed by atoms with Gasteiger partial charge in [-0.1, -0.05) is 65.4 Å². The second kappa shape index (κ2) is 11.2. The highest BCUT2D eigenvalue weighted by atomic mass is 32.1. The van der Waals surface area contributed by atoms with Crippen LogP contribution in [0, 0.1) is 13.8 Å². The Bertz CT molecular complexity index is 2100. The van der Waals surface area contributed by atoms with Crippen molar-refractivity contribution in [2.45, 2.75) is 26.8 Å². The number of carboxylic acid groups (broad SMARTS) is 1. The monoisotopic (exact) mass is 589 g/mol. The van der Waals surface area contributed by atoms with E-state index in [2.05, 4.69) is 5.32 Å². The van der Waals surface area contributed by atoms with Gasteiger partial charge in [0.2, 0.25) is 0 Å². The highest BCUT2D eigenvalue weighted by Gasteiger charge is 2.32. The molecule has 1 amide bonds. The molecule has 2 aromatic heterocycles. The number of anilines is 1. The van der Waals surface area contributed by atoms with Crippen LogP contribution in [0.5, 0.6) is 0 Å². The lowest BCUT2D eigenvalue weighted by atomic mass is 9.94. The van der Waals surface area contributed by atoms with E-state index in [-0.39, 0.29) is 17.0 Å². The molecular formula is C34H27N3O5S. The van der Waals surface area contributed by atoms with Crippen molar-refractivity contribution in [3.05, 3.63) is 144 Å². The molecule has 1 aliphatic heterocycles. The molecule has 0 fully saturated rings. The number of allylic oxidation sites excluding steroid dienone is 1. The Balaban J connectivity index is 1.43. The maximum absolute atomic E-state index is 14.0. The van der Waals surface area contributed by atoms with E-state index in [4.69, 9.17) is 9.41 Å². The van der Waals surface area contributed by atoms with Gasteiger partial charge < -0.3 is 14.8 Å². The summed E-state index contributed by atoms with van der Waals surface area (Å²) < 4.78 is 8.05. The van der Waals surface area contributed by atoms with Crippen LogP contribution in [-0.4, -0.2) is 21.6 Å². The molecule has 0 radical (unpaired) electrons. The van der Waals surface area contributed by atoms with Gasteiger partial charge in [-0.15, -0.1) is 0 Å². The number of aromatic nitrogens is 1. The number of hydrogen-bond acceptors (Lipinski definition) is 6. The molecule has 0 unspecified atom stereocenters. The van der Waals surface area contributed by atoms with Crippen LogP contribution in [0.3, 0.4) is 0 Å². The Morgan fingerprint density at radius 1 is 0.977 bits per heavy atom. The Morgan fingerprint density at radius 2 is 1.72 bits per heavy atom. The van der Waals surface area contributed by atoms with Crippen LogP contribution in [0.25, 0.3) is 17.4 Å². The number of aryl methyl sites for hydroxylation is 2. The van der Waals surface area contributed by atoms with Crippen molar-refractivity contribution in [1.82, 2.24) is 4.57 Å². The normalized spacial score (nSPS) is 14.8. The standard InChI is InChI=1S/C34H27N3O5S/c1-19-9-11-22(12-10-19)30-29(31(38)36-24-7-5-4-6-8-24)21(3)35-34-37(30)32(39)28(43-34)18-25-14-16-27(42-25)26-15-13-23(33(40)41)17-20(26)2/h4-18,30H,1-3H3,(H,36,38)(H,40,41)/b28-18-/t30-/m0/s1. The molecule has 3 heterocycles. The van der Waals surface area contributed by atoms with Crippen molar-refractivity contribution >= 4 is 35.0 Å². The smallest absolute Gasteiger partial charge is 0.335 e. The SMILES string of the molecule is CC1=C(C(=O)Nc2ccccc2)[C@H](c2ccc(C)cc2)n2c(s/c(=C\c3ccc(-c4ccc(C(=O)O)cc4C)o3)c2=O)=N1. The third kappa shape index (κ3) is 5.38. The fourth-order valence-electron chi connectivity index (χ4n) is 5.17. The number of carboxylic acids is 1. The summed E-state index contributed by atoms with van der Waals surface area (Å²) in [7, 11) is 0. The van der Waals surface area contributed by atoms with Crippen LogP contribution in [0.15, 0.2) is 110 Å². The van der Waals surface area contributed by atoms with E-state index in [0.29, 0.717) is 37.8 Å². The molecule has 0 aliphatic carbocycles. The minimum Gasteiger partial charge on any atom is -0.478 e. The van der Waals surface area contributed by atoms with Crippen molar-refractivity contribution in [3.63, 3.8) is 0 Å². The zero-order valence-electron chi connectivity index (χ0n) is 23.6. The van der Waals surface area contributed by atoms with Gasteiger partial charge in [0.15, 0.2) is 4.80 Å². The summed E-state index contributed by atoms with van der Waals surface area (Å²) in [5.41, 5.74) is 4.87. The lowest BCUT2D eigenvalue weighted by Gasteiger charge is -2.25. The predicted octanol–water partition coefficient (Wildman–Crippen LogP) is 5.45. The lowest BCUT2D eigenvalue weighted by molar-refractivity contribution is -0.113. The number of carbonyl (C=O) groups excluding carboxylic acids is 1. The lowest BCUT2D eigenvalue weighted by Crippen LogP contribution is -2.40. The summed E-state index contributed by atoms with van der Waals surface area (Å²) in [5.74, 6) is -0.300. The molecule has 0 spiro atoms. The minimum atomic E-state index is -0.995. The van der Waals surface area contributed by atoms with Crippen LogP contribution < -0.4 is 20.2 Å². The molecule has 8 nitrogen and oxygen atoms in total. The number of aromatic carboxylic acids is 1. The first-order chi connectivity index (χ1) is 20.7. The minimum absolute atomic E-state index is 0.199. The molecule has 9 heteroatoms. The fourth-order valence-corrected chi connectivity index (χ4v) is 6.20. The van der Waals surface area contributed by atoms with Crippen LogP contribution in [0.1, 0.15) is 45.8 Å². The molecule has 6 rings (SSSR count). The maximum Gasteiger partial charge on any atom is 0.335 e. The number of benzene rings is 3. The summed E-state index contributed by atoms with van der Waals surface area (Å²) in [5, 5.41) is 12.2. The van der Waals surface area contributed by atoms with Crippen molar-refractivity contribution in [2.24, 2.45) is 4.99 Å². The van der Waals surface area contributed by atoms with Gasteiger partial charge in [0.25, 0.3) is 11.5 Å². The van der Waals surface area contributed by atoms with E-state index < -0.39 is 12.0 Å². The van der Waals surface area contributed by atoms with Crippen LogP contribution in [0.4, 0.5) is 5.69 Å². The van der Waals surface area contributed by atoms with E-state index in [0.717, 1.165) is 22.3 Å². The third-order valence-electron chi connectivity index (χ3n) is 7.33. The first-order valence-corrected chi connectivity index (χ1v) is 14.4. The number of thiazole rings is 1. The highest BCUT2D eigenvalue weighted by molar-refractivity contribution is 7.07. The second-order valence-electron chi connectivity index (χ2n) is 10.3. The Kier molecular flexibility index (Phi) is 7.25. The summed E-state index contributed by atoms with van der Waals surface area (Å²) in [6.07, 6.45) is 1.67. The number of para-hydroxylation sites is 1. The Hall–Kier alpha value is -5.28. The summed E-state index contributed by atoms with van der Waals surface area (Å²) >= 11 is 1.23. The van der Waals surface area contributed by atoms with Gasteiger partial charge in [-0.25, -0.2) is 9.79 Å². The summed E-state index contributed by atoms with van der Waals surface area (Å²) in [6, 6.07) is 24.7. The van der Waals surface area contributed by atoms with Gasteiger partial charge in [0, 0.05) is 17.3 Å². The van der Waals surface area contributed by atoms with Crippen LogP contribution in [-0.2, 0) is 4.79 Å². The zero-order valence-corrected chi connectivity index (χ0v) is 24.4. The molecule has 1 aliphatic rings. The topological polar surface area (TPSA) is 114 Å². The number of carbonyl (C=O) groups is 2. The Morgan fingerprint density at radius 3 is 2.42 bits per heavy atom. The molecule has 214 valence electrons.